The zero-order chi connectivity index (χ0) is 22.4. The van der Waals surface area contributed by atoms with Crippen LogP contribution in [0.3, 0.4) is 0 Å². The van der Waals surface area contributed by atoms with Gasteiger partial charge in [0, 0.05) is 38.4 Å². The first-order valence-electron chi connectivity index (χ1n) is 10.4. The van der Waals surface area contributed by atoms with Gasteiger partial charge in [-0.05, 0) is 50.2 Å². The summed E-state index contributed by atoms with van der Waals surface area (Å²) in [7, 11) is 2.13. The van der Waals surface area contributed by atoms with Crippen molar-refractivity contribution in [2.45, 2.75) is 25.6 Å². The molecule has 0 radical (unpaired) electrons. The van der Waals surface area contributed by atoms with E-state index >= 15 is 0 Å². The largest absolute Gasteiger partial charge is 0.480 e. The third kappa shape index (κ3) is 6.70. The Labute approximate surface area is 180 Å². The molecular weight excluding hydrogens is 407 g/mol. The summed E-state index contributed by atoms with van der Waals surface area (Å²) in [6, 6.07) is 12.4. The van der Waals surface area contributed by atoms with Gasteiger partial charge in [-0.15, -0.1) is 0 Å². The highest BCUT2D eigenvalue weighted by atomic mass is 19.4. The number of halogens is 3. The molecule has 0 aliphatic carbocycles. The van der Waals surface area contributed by atoms with Crippen molar-refractivity contribution in [3.05, 3.63) is 59.7 Å². The van der Waals surface area contributed by atoms with Crippen LogP contribution in [0.1, 0.15) is 18.1 Å². The SMILES string of the molecule is CC(Oc1ccccc1C(F)(F)F)C(=O)Nc1ccc(CCN2CCN(C)CC2)cc1. The number of amides is 1. The molecule has 0 spiro atoms. The maximum absolute atomic E-state index is 13.1. The zero-order valence-electron chi connectivity index (χ0n) is 17.8. The van der Waals surface area contributed by atoms with Crippen molar-refractivity contribution < 1.29 is 22.7 Å². The third-order valence-electron chi connectivity index (χ3n) is 5.40. The lowest BCUT2D eigenvalue weighted by molar-refractivity contribution is -0.140. The van der Waals surface area contributed by atoms with Crippen molar-refractivity contribution in [1.29, 1.82) is 0 Å². The number of rotatable bonds is 7. The fraction of sp³-hybridized carbons (Fsp3) is 0.435. The van der Waals surface area contributed by atoms with Gasteiger partial charge >= 0.3 is 6.18 Å². The smallest absolute Gasteiger partial charge is 0.419 e. The molecule has 168 valence electrons. The molecule has 1 atom stereocenters. The van der Waals surface area contributed by atoms with Crippen LogP contribution in [0.5, 0.6) is 5.75 Å². The molecule has 1 heterocycles. The van der Waals surface area contributed by atoms with E-state index in [-0.39, 0.29) is 5.75 Å². The number of benzene rings is 2. The number of anilines is 1. The van der Waals surface area contributed by atoms with Crippen molar-refractivity contribution >= 4 is 11.6 Å². The third-order valence-corrected chi connectivity index (χ3v) is 5.40. The van der Waals surface area contributed by atoms with Crippen molar-refractivity contribution in [2.24, 2.45) is 0 Å². The number of carbonyl (C=O) groups excluding carboxylic acids is 1. The topological polar surface area (TPSA) is 44.8 Å². The fourth-order valence-corrected chi connectivity index (χ4v) is 3.40. The van der Waals surface area contributed by atoms with Gasteiger partial charge in [-0.2, -0.15) is 13.2 Å². The number of piperazine rings is 1. The molecule has 3 rings (SSSR count). The van der Waals surface area contributed by atoms with E-state index in [4.69, 9.17) is 4.74 Å². The van der Waals surface area contributed by atoms with Gasteiger partial charge in [0.25, 0.3) is 5.91 Å². The van der Waals surface area contributed by atoms with Crippen molar-refractivity contribution in [2.75, 3.05) is 45.1 Å². The minimum atomic E-state index is -4.55. The Morgan fingerprint density at radius 3 is 2.35 bits per heavy atom. The number of hydrogen-bond donors (Lipinski definition) is 1. The average Bonchev–Trinajstić information content (AvgIpc) is 2.74. The van der Waals surface area contributed by atoms with Crippen LogP contribution in [0, 0.1) is 0 Å². The van der Waals surface area contributed by atoms with Crippen molar-refractivity contribution in [3.63, 3.8) is 0 Å². The van der Waals surface area contributed by atoms with E-state index in [2.05, 4.69) is 22.2 Å². The van der Waals surface area contributed by atoms with Crippen molar-refractivity contribution in [3.8, 4) is 5.75 Å². The quantitative estimate of drug-likeness (QED) is 0.717. The highest BCUT2D eigenvalue weighted by Crippen LogP contribution is 2.36. The number of ether oxygens (including phenoxy) is 1. The molecule has 2 aromatic rings. The lowest BCUT2D eigenvalue weighted by Gasteiger charge is -2.32. The standard InChI is InChI=1S/C23H28F3N3O2/c1-17(31-21-6-4-3-5-20(21)23(24,25)26)22(30)27-19-9-7-18(8-10-19)11-12-29-15-13-28(2)14-16-29/h3-10,17H,11-16H2,1-2H3,(H,27,30). The molecule has 2 aromatic carbocycles. The van der Waals surface area contributed by atoms with Crippen LogP contribution >= 0.6 is 0 Å². The van der Waals surface area contributed by atoms with E-state index in [9.17, 15) is 18.0 Å². The molecule has 1 aliphatic rings. The summed E-state index contributed by atoms with van der Waals surface area (Å²) < 4.78 is 44.6. The Kier molecular flexibility index (Phi) is 7.56. The molecule has 0 aromatic heterocycles. The highest BCUT2D eigenvalue weighted by molar-refractivity contribution is 5.94. The second-order valence-electron chi connectivity index (χ2n) is 7.84. The number of nitrogens with zero attached hydrogens (tertiary/aromatic N) is 2. The number of carbonyl (C=O) groups is 1. The van der Waals surface area contributed by atoms with Gasteiger partial charge in [-0.25, -0.2) is 0 Å². The van der Waals surface area contributed by atoms with Gasteiger partial charge in [-0.3, -0.25) is 4.79 Å². The van der Waals surface area contributed by atoms with E-state index in [0.29, 0.717) is 5.69 Å². The van der Waals surface area contributed by atoms with Gasteiger partial charge in [0.15, 0.2) is 6.10 Å². The minimum absolute atomic E-state index is 0.364. The summed E-state index contributed by atoms with van der Waals surface area (Å²) in [5.41, 5.74) is 0.840. The molecule has 1 saturated heterocycles. The molecule has 1 unspecified atom stereocenters. The molecule has 5 nitrogen and oxygen atoms in total. The maximum Gasteiger partial charge on any atom is 0.419 e. The summed E-state index contributed by atoms with van der Waals surface area (Å²) in [4.78, 5) is 17.2. The molecule has 1 aliphatic heterocycles. The summed E-state index contributed by atoms with van der Waals surface area (Å²) >= 11 is 0. The lowest BCUT2D eigenvalue weighted by atomic mass is 10.1. The summed E-state index contributed by atoms with van der Waals surface area (Å²) in [6.07, 6.45) is -4.71. The van der Waals surface area contributed by atoms with E-state index in [0.717, 1.165) is 45.2 Å². The first-order valence-corrected chi connectivity index (χ1v) is 10.4. The number of alkyl halides is 3. The summed E-state index contributed by atoms with van der Waals surface area (Å²) in [5, 5.41) is 2.70. The van der Waals surface area contributed by atoms with E-state index in [1.54, 1.807) is 12.1 Å². The Hall–Kier alpha value is -2.58. The molecule has 8 heteroatoms. The van der Waals surface area contributed by atoms with Crippen LogP contribution in [0.15, 0.2) is 48.5 Å². The molecule has 1 N–H and O–H groups in total. The molecule has 1 fully saturated rings. The Morgan fingerprint density at radius 2 is 1.71 bits per heavy atom. The second-order valence-corrected chi connectivity index (χ2v) is 7.84. The minimum Gasteiger partial charge on any atom is -0.480 e. The zero-order valence-corrected chi connectivity index (χ0v) is 17.8. The van der Waals surface area contributed by atoms with Gasteiger partial charge < -0.3 is 19.9 Å². The molecule has 1 amide bonds. The van der Waals surface area contributed by atoms with Crippen LogP contribution in [-0.2, 0) is 17.4 Å². The molecule has 31 heavy (non-hydrogen) atoms. The lowest BCUT2D eigenvalue weighted by Crippen LogP contribution is -2.45. The van der Waals surface area contributed by atoms with Crippen LogP contribution < -0.4 is 10.1 Å². The molecular formula is C23H28F3N3O2. The number of hydrogen-bond acceptors (Lipinski definition) is 4. The van der Waals surface area contributed by atoms with Crippen LogP contribution in [0.2, 0.25) is 0 Å². The predicted octanol–water partition coefficient (Wildman–Crippen LogP) is 3.90. The normalized spacial score (nSPS) is 16.7. The van der Waals surface area contributed by atoms with Gasteiger partial charge in [0.1, 0.15) is 5.75 Å². The van der Waals surface area contributed by atoms with E-state index in [1.807, 2.05) is 12.1 Å². The number of nitrogens with one attached hydrogen (secondary N) is 1. The van der Waals surface area contributed by atoms with Gasteiger partial charge in [-0.1, -0.05) is 24.3 Å². The van der Waals surface area contributed by atoms with E-state index < -0.39 is 23.8 Å². The Morgan fingerprint density at radius 1 is 1.06 bits per heavy atom. The maximum atomic E-state index is 13.1. The van der Waals surface area contributed by atoms with Crippen LogP contribution in [-0.4, -0.2) is 61.6 Å². The van der Waals surface area contributed by atoms with Gasteiger partial charge in [0.05, 0.1) is 5.56 Å². The Bertz CT molecular complexity index is 863. The van der Waals surface area contributed by atoms with Gasteiger partial charge in [0.2, 0.25) is 0 Å². The average molecular weight is 435 g/mol. The fourth-order valence-electron chi connectivity index (χ4n) is 3.40. The van der Waals surface area contributed by atoms with Crippen LogP contribution in [0.25, 0.3) is 0 Å². The summed E-state index contributed by atoms with van der Waals surface area (Å²) in [5.74, 6) is -0.876. The second kappa shape index (κ2) is 10.2. The highest BCUT2D eigenvalue weighted by Gasteiger charge is 2.34. The van der Waals surface area contributed by atoms with Crippen molar-refractivity contribution in [1.82, 2.24) is 9.80 Å². The Balaban J connectivity index is 1.51. The predicted molar refractivity (Wildman–Crippen MR) is 114 cm³/mol. The summed E-state index contributed by atoms with van der Waals surface area (Å²) in [6.45, 7) is 6.72. The number of para-hydroxylation sites is 1. The van der Waals surface area contributed by atoms with Crippen LogP contribution in [0.4, 0.5) is 18.9 Å². The first kappa shape index (κ1) is 23.1. The number of likely N-dealkylation sites (N-methyl/N-ethyl adjacent to an activating group) is 1. The monoisotopic (exact) mass is 435 g/mol. The van der Waals surface area contributed by atoms with E-state index in [1.165, 1.54) is 30.7 Å². The molecule has 0 bridgehead atoms. The first-order chi connectivity index (χ1) is 14.7. The molecule has 0 saturated carbocycles.